The molecule has 1 unspecified atom stereocenters. The summed E-state index contributed by atoms with van der Waals surface area (Å²) in [5.41, 5.74) is 0. The maximum Gasteiger partial charge on any atom is 0.323 e. The van der Waals surface area contributed by atoms with E-state index in [2.05, 4.69) is 0 Å². The summed E-state index contributed by atoms with van der Waals surface area (Å²) in [5, 5.41) is 8.81. The zero-order valence-electron chi connectivity index (χ0n) is 10.6. The van der Waals surface area contributed by atoms with Crippen molar-refractivity contribution in [2.75, 3.05) is 13.2 Å². The summed E-state index contributed by atoms with van der Waals surface area (Å²) in [6, 6.07) is 0.167. The van der Waals surface area contributed by atoms with E-state index in [1.165, 1.54) is 11.3 Å². The SMILES string of the molecule is O=C(O)CN(C(=O)CCC1CCCCO1)C1CC1. The Labute approximate surface area is 107 Å². The maximum atomic E-state index is 12.0. The molecule has 0 bridgehead atoms. The van der Waals surface area contributed by atoms with Crippen LogP contribution < -0.4 is 0 Å². The number of nitrogens with zero attached hydrogens (tertiary/aromatic N) is 1. The Kier molecular flexibility index (Phi) is 4.58. The number of hydrogen-bond donors (Lipinski definition) is 1. The predicted octanol–water partition coefficient (Wildman–Crippen LogP) is 1.41. The number of carboxylic acids is 1. The van der Waals surface area contributed by atoms with E-state index in [9.17, 15) is 9.59 Å². The van der Waals surface area contributed by atoms with Crippen LogP contribution in [0.25, 0.3) is 0 Å². The molecule has 1 saturated carbocycles. The molecule has 0 aromatic heterocycles. The second kappa shape index (κ2) is 6.18. The average molecular weight is 255 g/mol. The molecule has 1 atom stereocenters. The fourth-order valence-electron chi connectivity index (χ4n) is 2.42. The highest BCUT2D eigenvalue weighted by Gasteiger charge is 2.33. The highest BCUT2D eigenvalue weighted by atomic mass is 16.5. The molecule has 1 aliphatic heterocycles. The van der Waals surface area contributed by atoms with Crippen LogP contribution in [0.1, 0.15) is 44.9 Å². The van der Waals surface area contributed by atoms with Crippen molar-refractivity contribution < 1.29 is 19.4 Å². The number of rotatable bonds is 6. The standard InChI is InChI=1S/C13H21NO4/c15-12(7-6-11-3-1-2-8-18-11)14(9-13(16)17)10-4-5-10/h10-11H,1-9H2,(H,16,17). The molecule has 0 spiro atoms. The number of carboxylic acid groups (broad SMARTS) is 1. The Bertz CT molecular complexity index is 308. The van der Waals surface area contributed by atoms with Crippen LogP contribution in [0.15, 0.2) is 0 Å². The first kappa shape index (κ1) is 13.3. The molecule has 1 N–H and O–H groups in total. The maximum absolute atomic E-state index is 12.0. The molecule has 0 aromatic carbocycles. The van der Waals surface area contributed by atoms with Crippen molar-refractivity contribution >= 4 is 11.9 Å². The van der Waals surface area contributed by atoms with Crippen LogP contribution in [0.4, 0.5) is 0 Å². The van der Waals surface area contributed by atoms with Crippen molar-refractivity contribution in [3.05, 3.63) is 0 Å². The lowest BCUT2D eigenvalue weighted by Crippen LogP contribution is -2.37. The predicted molar refractivity (Wildman–Crippen MR) is 65.2 cm³/mol. The van der Waals surface area contributed by atoms with Gasteiger partial charge in [0.15, 0.2) is 0 Å². The first-order valence-electron chi connectivity index (χ1n) is 6.79. The highest BCUT2D eigenvalue weighted by Crippen LogP contribution is 2.28. The monoisotopic (exact) mass is 255 g/mol. The molecule has 1 amide bonds. The van der Waals surface area contributed by atoms with Crippen molar-refractivity contribution in [3.63, 3.8) is 0 Å². The Balaban J connectivity index is 1.75. The van der Waals surface area contributed by atoms with E-state index in [1.54, 1.807) is 0 Å². The molecule has 2 rings (SSSR count). The third kappa shape index (κ3) is 3.98. The van der Waals surface area contributed by atoms with Crippen molar-refractivity contribution in [3.8, 4) is 0 Å². The van der Waals surface area contributed by atoms with E-state index in [1.807, 2.05) is 0 Å². The number of carbonyl (C=O) groups is 2. The van der Waals surface area contributed by atoms with Gasteiger partial charge in [-0.05, 0) is 38.5 Å². The lowest BCUT2D eigenvalue weighted by atomic mass is 10.0. The molecule has 2 fully saturated rings. The first-order valence-corrected chi connectivity index (χ1v) is 6.79. The Morgan fingerprint density at radius 2 is 2.00 bits per heavy atom. The van der Waals surface area contributed by atoms with E-state index < -0.39 is 5.97 Å². The van der Waals surface area contributed by atoms with Crippen LogP contribution in [0.5, 0.6) is 0 Å². The van der Waals surface area contributed by atoms with Gasteiger partial charge in [0, 0.05) is 19.1 Å². The molecule has 18 heavy (non-hydrogen) atoms. The summed E-state index contributed by atoms with van der Waals surface area (Å²) in [5.74, 6) is -0.960. The molecule has 0 radical (unpaired) electrons. The zero-order valence-corrected chi connectivity index (χ0v) is 10.6. The molecule has 102 valence electrons. The van der Waals surface area contributed by atoms with Crippen LogP contribution in [0.3, 0.4) is 0 Å². The summed E-state index contributed by atoms with van der Waals surface area (Å²) < 4.78 is 5.58. The smallest absolute Gasteiger partial charge is 0.323 e. The number of carbonyl (C=O) groups excluding carboxylic acids is 1. The van der Waals surface area contributed by atoms with Crippen LogP contribution in [0, 0.1) is 0 Å². The van der Waals surface area contributed by atoms with E-state index in [0.29, 0.717) is 6.42 Å². The van der Waals surface area contributed by atoms with Crippen LogP contribution in [0.2, 0.25) is 0 Å². The van der Waals surface area contributed by atoms with Gasteiger partial charge in [0.05, 0.1) is 6.10 Å². The number of aliphatic carboxylic acids is 1. The summed E-state index contributed by atoms with van der Waals surface area (Å²) in [6.07, 6.45) is 6.51. The van der Waals surface area contributed by atoms with Crippen molar-refractivity contribution in [1.29, 1.82) is 0 Å². The lowest BCUT2D eigenvalue weighted by Gasteiger charge is -2.24. The Hall–Kier alpha value is -1.10. The van der Waals surface area contributed by atoms with Crippen LogP contribution >= 0.6 is 0 Å². The van der Waals surface area contributed by atoms with Gasteiger partial charge in [0.2, 0.25) is 5.91 Å². The minimum atomic E-state index is -0.927. The molecule has 5 heteroatoms. The zero-order chi connectivity index (χ0) is 13.0. The molecule has 1 aliphatic carbocycles. The molecule has 1 saturated heterocycles. The van der Waals surface area contributed by atoms with E-state index in [4.69, 9.17) is 9.84 Å². The highest BCUT2D eigenvalue weighted by molar-refractivity contribution is 5.81. The van der Waals surface area contributed by atoms with Gasteiger partial charge < -0.3 is 14.7 Å². The largest absolute Gasteiger partial charge is 0.480 e. The van der Waals surface area contributed by atoms with Gasteiger partial charge in [-0.25, -0.2) is 0 Å². The van der Waals surface area contributed by atoms with Gasteiger partial charge >= 0.3 is 5.97 Å². The third-order valence-corrected chi connectivity index (χ3v) is 3.57. The minimum Gasteiger partial charge on any atom is -0.480 e. The number of ether oxygens (including phenoxy) is 1. The summed E-state index contributed by atoms with van der Waals surface area (Å²) in [6.45, 7) is 0.634. The second-order valence-electron chi connectivity index (χ2n) is 5.17. The molecule has 1 heterocycles. The minimum absolute atomic E-state index is 0.0333. The fraction of sp³-hybridized carbons (Fsp3) is 0.846. The average Bonchev–Trinajstić information content (AvgIpc) is 3.18. The van der Waals surface area contributed by atoms with Gasteiger partial charge in [-0.15, -0.1) is 0 Å². The van der Waals surface area contributed by atoms with Crippen molar-refractivity contribution in [1.82, 2.24) is 4.90 Å². The van der Waals surface area contributed by atoms with Gasteiger partial charge in [0.25, 0.3) is 0 Å². The van der Waals surface area contributed by atoms with Gasteiger partial charge in [-0.3, -0.25) is 9.59 Å². The van der Waals surface area contributed by atoms with Crippen LogP contribution in [-0.4, -0.2) is 47.2 Å². The van der Waals surface area contributed by atoms with E-state index in [-0.39, 0.29) is 24.6 Å². The summed E-state index contributed by atoms with van der Waals surface area (Å²) >= 11 is 0. The van der Waals surface area contributed by atoms with Gasteiger partial charge in [-0.1, -0.05) is 0 Å². The van der Waals surface area contributed by atoms with Gasteiger partial charge in [0.1, 0.15) is 6.54 Å². The Morgan fingerprint density at radius 3 is 2.56 bits per heavy atom. The van der Waals surface area contributed by atoms with Crippen LogP contribution in [-0.2, 0) is 14.3 Å². The normalized spacial score (nSPS) is 23.7. The Morgan fingerprint density at radius 1 is 1.22 bits per heavy atom. The molecule has 5 nitrogen and oxygen atoms in total. The number of hydrogen-bond acceptors (Lipinski definition) is 3. The quantitative estimate of drug-likeness (QED) is 0.779. The summed E-state index contributed by atoms with van der Waals surface area (Å²) in [4.78, 5) is 24.3. The fourth-order valence-corrected chi connectivity index (χ4v) is 2.42. The third-order valence-electron chi connectivity index (χ3n) is 3.57. The first-order chi connectivity index (χ1) is 8.66. The lowest BCUT2D eigenvalue weighted by molar-refractivity contribution is -0.145. The number of amides is 1. The molecule has 0 aromatic rings. The molecular formula is C13H21NO4. The van der Waals surface area contributed by atoms with E-state index >= 15 is 0 Å². The van der Waals surface area contributed by atoms with Crippen molar-refractivity contribution in [2.24, 2.45) is 0 Å². The second-order valence-corrected chi connectivity index (χ2v) is 5.17. The summed E-state index contributed by atoms with van der Waals surface area (Å²) in [7, 11) is 0. The topological polar surface area (TPSA) is 66.8 Å². The van der Waals surface area contributed by atoms with Gasteiger partial charge in [-0.2, -0.15) is 0 Å². The molecule has 2 aliphatic rings. The van der Waals surface area contributed by atoms with E-state index in [0.717, 1.165) is 38.7 Å². The molecular weight excluding hydrogens is 234 g/mol. The van der Waals surface area contributed by atoms with Crippen molar-refractivity contribution in [2.45, 2.75) is 57.1 Å².